The van der Waals surface area contributed by atoms with Gasteiger partial charge in [0.2, 0.25) is 0 Å². The van der Waals surface area contributed by atoms with Crippen molar-refractivity contribution in [3.05, 3.63) is 40.9 Å². The van der Waals surface area contributed by atoms with E-state index in [0.29, 0.717) is 0 Å². The molecule has 2 aliphatic rings. The van der Waals surface area contributed by atoms with Crippen LogP contribution in [0.4, 0.5) is 5.69 Å². The highest BCUT2D eigenvalue weighted by Gasteiger charge is 2.20. The molecule has 1 aromatic carbocycles. The van der Waals surface area contributed by atoms with Gasteiger partial charge in [0.15, 0.2) is 5.96 Å². The van der Waals surface area contributed by atoms with Crippen LogP contribution in [0.5, 0.6) is 0 Å². The lowest BCUT2D eigenvalue weighted by molar-refractivity contribution is 0.153. The fraction of sp³-hybridized carbons (Fsp3) is 0.526. The minimum Gasteiger partial charge on any atom is -0.377 e. The van der Waals surface area contributed by atoms with Gasteiger partial charge in [-0.2, -0.15) is 0 Å². The second kappa shape index (κ2) is 9.11. The number of rotatable bonds is 4. The van der Waals surface area contributed by atoms with Crippen LogP contribution in [-0.4, -0.2) is 63.8 Å². The average Bonchev–Trinajstić information content (AvgIpc) is 2.67. The van der Waals surface area contributed by atoms with Gasteiger partial charge in [0.05, 0.1) is 23.9 Å². The first kappa shape index (κ1) is 18.1. The molecule has 0 spiro atoms. The van der Waals surface area contributed by atoms with Gasteiger partial charge in [0.1, 0.15) is 0 Å². The topological polar surface area (TPSA) is 40.1 Å². The summed E-state index contributed by atoms with van der Waals surface area (Å²) in [6, 6.07) is 8.06. The number of benzene rings is 1. The van der Waals surface area contributed by atoms with Crippen LogP contribution in [0.15, 0.2) is 40.9 Å². The molecule has 0 unspecified atom stereocenters. The van der Waals surface area contributed by atoms with Crippen LogP contribution in [0.1, 0.15) is 12.8 Å². The van der Waals surface area contributed by atoms with Crippen LogP contribution in [0, 0.1) is 0 Å². The quantitative estimate of drug-likeness (QED) is 0.508. The number of hydrogen-bond donors (Lipinski definition) is 1. The summed E-state index contributed by atoms with van der Waals surface area (Å²) in [7, 11) is 1.86. The van der Waals surface area contributed by atoms with E-state index in [4.69, 9.17) is 16.3 Å². The molecule has 0 aromatic heterocycles. The molecule has 136 valence electrons. The molecule has 1 fully saturated rings. The molecule has 0 atom stereocenters. The largest absolute Gasteiger partial charge is 0.377 e. The van der Waals surface area contributed by atoms with Crippen molar-refractivity contribution in [3.63, 3.8) is 0 Å². The maximum atomic E-state index is 6.32. The van der Waals surface area contributed by atoms with Crippen molar-refractivity contribution in [2.45, 2.75) is 12.8 Å². The zero-order chi connectivity index (χ0) is 17.5. The van der Waals surface area contributed by atoms with Gasteiger partial charge in [-0.25, -0.2) is 0 Å². The summed E-state index contributed by atoms with van der Waals surface area (Å²) in [6.45, 7) is 6.32. The molecular formula is C19H27ClN4O. The van der Waals surface area contributed by atoms with Crippen molar-refractivity contribution < 1.29 is 4.74 Å². The lowest BCUT2D eigenvalue weighted by Crippen LogP contribution is -2.52. The van der Waals surface area contributed by atoms with Gasteiger partial charge in [-0.15, -0.1) is 0 Å². The van der Waals surface area contributed by atoms with Gasteiger partial charge in [-0.3, -0.25) is 4.99 Å². The summed E-state index contributed by atoms with van der Waals surface area (Å²) in [5.41, 5.74) is 2.61. The molecule has 2 aliphatic heterocycles. The minimum atomic E-state index is 0.758. The monoisotopic (exact) mass is 362 g/mol. The molecule has 6 heteroatoms. The molecule has 2 heterocycles. The minimum absolute atomic E-state index is 0.758. The zero-order valence-corrected chi connectivity index (χ0v) is 15.6. The second-order valence-corrected chi connectivity index (χ2v) is 6.74. The maximum Gasteiger partial charge on any atom is 0.193 e. The number of para-hydroxylation sites is 1. The van der Waals surface area contributed by atoms with Gasteiger partial charge in [0.25, 0.3) is 0 Å². The summed E-state index contributed by atoms with van der Waals surface area (Å²) in [5, 5.41) is 4.32. The highest BCUT2D eigenvalue weighted by atomic mass is 35.5. The van der Waals surface area contributed by atoms with Crippen LogP contribution in [0.2, 0.25) is 5.02 Å². The molecule has 3 rings (SSSR count). The summed E-state index contributed by atoms with van der Waals surface area (Å²) in [5.74, 6) is 0.992. The Balaban J connectivity index is 1.47. The Morgan fingerprint density at radius 3 is 2.72 bits per heavy atom. The summed E-state index contributed by atoms with van der Waals surface area (Å²) in [4.78, 5) is 9.12. The highest BCUT2D eigenvalue weighted by molar-refractivity contribution is 6.33. The number of aliphatic imine (C=N–C) groups is 1. The van der Waals surface area contributed by atoms with E-state index >= 15 is 0 Å². The van der Waals surface area contributed by atoms with Gasteiger partial charge in [-0.05, 0) is 25.0 Å². The second-order valence-electron chi connectivity index (χ2n) is 6.34. The predicted molar refractivity (Wildman–Crippen MR) is 105 cm³/mol. The third-order valence-electron chi connectivity index (χ3n) is 4.77. The van der Waals surface area contributed by atoms with Crippen molar-refractivity contribution >= 4 is 23.2 Å². The molecule has 0 amide bonds. The summed E-state index contributed by atoms with van der Waals surface area (Å²) in [6.07, 6.45) is 4.31. The number of nitrogens with zero attached hydrogens (tertiary/aromatic N) is 3. The maximum absolute atomic E-state index is 6.32. The van der Waals surface area contributed by atoms with Crippen LogP contribution in [0.3, 0.4) is 0 Å². The van der Waals surface area contributed by atoms with Gasteiger partial charge >= 0.3 is 0 Å². The first-order chi connectivity index (χ1) is 12.3. The van der Waals surface area contributed by atoms with Crippen molar-refractivity contribution in [2.24, 2.45) is 4.99 Å². The molecule has 1 N–H and O–H groups in total. The normalized spacial score (nSPS) is 19.0. The molecule has 0 radical (unpaired) electrons. The molecule has 5 nitrogen and oxygen atoms in total. The van der Waals surface area contributed by atoms with E-state index in [1.807, 2.05) is 25.2 Å². The molecule has 25 heavy (non-hydrogen) atoms. The summed E-state index contributed by atoms with van der Waals surface area (Å²) >= 11 is 6.32. The number of ether oxygens (including phenoxy) is 1. The van der Waals surface area contributed by atoms with Crippen LogP contribution in [-0.2, 0) is 4.74 Å². The first-order valence-electron chi connectivity index (χ1n) is 8.98. The van der Waals surface area contributed by atoms with Crippen molar-refractivity contribution in [2.75, 3.05) is 57.9 Å². The van der Waals surface area contributed by atoms with Crippen LogP contribution < -0.4 is 10.2 Å². The van der Waals surface area contributed by atoms with Gasteiger partial charge < -0.3 is 19.9 Å². The van der Waals surface area contributed by atoms with E-state index < -0.39 is 0 Å². The fourth-order valence-corrected chi connectivity index (χ4v) is 3.58. The summed E-state index contributed by atoms with van der Waals surface area (Å²) < 4.78 is 5.36. The Labute approximate surface area is 155 Å². The Morgan fingerprint density at radius 1 is 1.24 bits per heavy atom. The number of guanidine groups is 1. The number of piperazine rings is 1. The molecule has 0 bridgehead atoms. The predicted octanol–water partition coefficient (Wildman–Crippen LogP) is 2.77. The van der Waals surface area contributed by atoms with E-state index in [1.165, 1.54) is 5.57 Å². The smallest absolute Gasteiger partial charge is 0.193 e. The lowest BCUT2D eigenvalue weighted by Gasteiger charge is -2.38. The fourth-order valence-electron chi connectivity index (χ4n) is 3.33. The Kier molecular flexibility index (Phi) is 6.59. The van der Waals surface area contributed by atoms with Crippen molar-refractivity contribution in [3.8, 4) is 0 Å². The van der Waals surface area contributed by atoms with E-state index in [9.17, 15) is 0 Å². The SMILES string of the molecule is CN=C(NCCC1=CCOCC1)N1CCN(c2ccccc2Cl)CC1. The first-order valence-corrected chi connectivity index (χ1v) is 9.36. The molecule has 0 aliphatic carbocycles. The number of anilines is 1. The van der Waals surface area contributed by atoms with E-state index in [1.54, 1.807) is 0 Å². The van der Waals surface area contributed by atoms with E-state index in [-0.39, 0.29) is 0 Å². The number of halogens is 1. The highest BCUT2D eigenvalue weighted by Crippen LogP contribution is 2.26. The Morgan fingerprint density at radius 2 is 2.04 bits per heavy atom. The van der Waals surface area contributed by atoms with Crippen molar-refractivity contribution in [1.82, 2.24) is 10.2 Å². The lowest BCUT2D eigenvalue weighted by atomic mass is 10.1. The van der Waals surface area contributed by atoms with Crippen molar-refractivity contribution in [1.29, 1.82) is 0 Å². The molecule has 1 saturated heterocycles. The standard InChI is InChI=1S/C19H27ClN4O/c1-21-19(22-9-6-16-7-14-25-15-8-16)24-12-10-23(11-13-24)18-5-3-2-4-17(18)20/h2-5,7H,6,8-15H2,1H3,(H,21,22). The number of hydrogen-bond acceptors (Lipinski definition) is 3. The third-order valence-corrected chi connectivity index (χ3v) is 5.09. The van der Waals surface area contributed by atoms with Crippen LogP contribution >= 0.6 is 11.6 Å². The average molecular weight is 363 g/mol. The Hall–Kier alpha value is -1.72. The van der Waals surface area contributed by atoms with Gasteiger partial charge in [-0.1, -0.05) is 35.4 Å². The van der Waals surface area contributed by atoms with Gasteiger partial charge in [0, 0.05) is 39.8 Å². The Bertz CT molecular complexity index is 624. The third kappa shape index (κ3) is 4.89. The van der Waals surface area contributed by atoms with E-state index in [0.717, 1.165) is 75.4 Å². The molecular weight excluding hydrogens is 336 g/mol. The zero-order valence-electron chi connectivity index (χ0n) is 14.9. The molecule has 1 aromatic rings. The molecule has 0 saturated carbocycles. The number of nitrogens with one attached hydrogen (secondary N) is 1. The van der Waals surface area contributed by atoms with Crippen LogP contribution in [0.25, 0.3) is 0 Å². The van der Waals surface area contributed by atoms with E-state index in [2.05, 4.69) is 32.3 Å².